The van der Waals surface area contributed by atoms with E-state index in [1.165, 1.54) is 5.69 Å². The Morgan fingerprint density at radius 3 is 2.44 bits per heavy atom. The van der Waals surface area contributed by atoms with E-state index in [0.29, 0.717) is 6.54 Å². The van der Waals surface area contributed by atoms with Crippen molar-refractivity contribution in [3.05, 3.63) is 22.4 Å². The minimum absolute atomic E-state index is 0. The molecular formula is C19H33BrIN5O. The molecule has 0 radical (unpaired) electrons. The van der Waals surface area contributed by atoms with Crippen molar-refractivity contribution in [2.45, 2.75) is 39.2 Å². The highest BCUT2D eigenvalue weighted by molar-refractivity contribution is 14.0. The minimum atomic E-state index is -0.334. The van der Waals surface area contributed by atoms with Gasteiger partial charge in [-0.3, -0.25) is 9.79 Å². The molecule has 6 nitrogen and oxygen atoms in total. The molecule has 0 unspecified atom stereocenters. The second-order valence-electron chi connectivity index (χ2n) is 7.47. The fourth-order valence-corrected chi connectivity index (χ4v) is 4.27. The van der Waals surface area contributed by atoms with Crippen molar-refractivity contribution in [3.63, 3.8) is 0 Å². The van der Waals surface area contributed by atoms with Crippen molar-refractivity contribution in [2.24, 2.45) is 17.5 Å². The number of hydrogen-bond donors (Lipinski definition) is 1. The Balaban J connectivity index is 0.00000364. The average molecular weight is 554 g/mol. The van der Waals surface area contributed by atoms with Gasteiger partial charge >= 0.3 is 0 Å². The summed E-state index contributed by atoms with van der Waals surface area (Å²) >= 11 is 3.53. The van der Waals surface area contributed by atoms with Crippen molar-refractivity contribution >= 4 is 51.8 Å². The summed E-state index contributed by atoms with van der Waals surface area (Å²) in [6, 6.07) is 2.12. The molecule has 154 valence electrons. The number of carbonyl (C=O) groups excluding carboxylic acids is 1. The highest BCUT2D eigenvalue weighted by atomic mass is 127. The largest absolute Gasteiger partial charge is 0.357 e. The van der Waals surface area contributed by atoms with Crippen LogP contribution in [0, 0.1) is 5.41 Å². The van der Waals surface area contributed by atoms with Gasteiger partial charge in [0.15, 0.2) is 5.96 Å². The Labute approximate surface area is 188 Å². The Morgan fingerprint density at radius 2 is 1.96 bits per heavy atom. The lowest BCUT2D eigenvalue weighted by Gasteiger charge is -2.30. The lowest BCUT2D eigenvalue weighted by Crippen LogP contribution is -2.43. The first kappa shape index (κ1) is 24.3. The number of nitrogens with one attached hydrogen (secondary N) is 1. The number of nitrogens with zero attached hydrogens (tertiary/aromatic N) is 4. The first-order chi connectivity index (χ1) is 12.3. The van der Waals surface area contributed by atoms with Crippen LogP contribution < -0.4 is 5.32 Å². The van der Waals surface area contributed by atoms with Crippen LogP contribution in [0.5, 0.6) is 0 Å². The molecule has 1 aromatic rings. The molecule has 1 fully saturated rings. The van der Waals surface area contributed by atoms with Gasteiger partial charge in [-0.05, 0) is 41.8 Å². The third-order valence-corrected chi connectivity index (χ3v) is 5.56. The zero-order valence-electron chi connectivity index (χ0n) is 17.1. The van der Waals surface area contributed by atoms with Gasteiger partial charge in [0.05, 0.1) is 18.5 Å². The molecule has 0 bridgehead atoms. The van der Waals surface area contributed by atoms with Gasteiger partial charge in [0.25, 0.3) is 0 Å². The highest BCUT2D eigenvalue weighted by Gasteiger charge is 2.42. The van der Waals surface area contributed by atoms with Crippen molar-refractivity contribution in [2.75, 3.05) is 34.2 Å². The molecule has 0 saturated heterocycles. The van der Waals surface area contributed by atoms with Crippen LogP contribution in [-0.2, 0) is 18.4 Å². The third-order valence-electron chi connectivity index (χ3n) is 5.12. The van der Waals surface area contributed by atoms with Gasteiger partial charge in [-0.25, -0.2) is 0 Å². The lowest BCUT2D eigenvalue weighted by atomic mass is 9.85. The molecule has 8 heteroatoms. The number of hydrogen-bond acceptors (Lipinski definition) is 2. The smallest absolute Gasteiger partial charge is 0.230 e. The summed E-state index contributed by atoms with van der Waals surface area (Å²) in [6.45, 7) is 4.17. The minimum Gasteiger partial charge on any atom is -0.357 e. The number of halogens is 2. The predicted octanol–water partition coefficient (Wildman–Crippen LogP) is 3.45. The zero-order valence-corrected chi connectivity index (χ0v) is 21.0. The van der Waals surface area contributed by atoms with Crippen LogP contribution in [0.2, 0.25) is 0 Å². The van der Waals surface area contributed by atoms with E-state index in [2.05, 4.69) is 49.9 Å². The Kier molecular flexibility index (Phi) is 9.61. The van der Waals surface area contributed by atoms with Crippen LogP contribution in [-0.4, -0.2) is 60.5 Å². The molecule has 1 aromatic heterocycles. The van der Waals surface area contributed by atoms with Crippen LogP contribution in [0.15, 0.2) is 21.7 Å². The van der Waals surface area contributed by atoms with E-state index in [1.807, 2.05) is 28.2 Å². The second kappa shape index (κ2) is 10.7. The number of aliphatic imine (C=N–C) groups is 1. The molecule has 1 aliphatic carbocycles. The number of carbonyl (C=O) groups is 1. The normalized spacial score (nSPS) is 16.0. The SMILES string of the molecule is CCNC(=NCC1(C(=O)N(C)C)CCCC1)N(C)Cc1cc(Br)cn1C.I. The van der Waals surface area contributed by atoms with Crippen LogP contribution >= 0.6 is 39.9 Å². The molecule has 1 saturated carbocycles. The molecule has 1 N–H and O–H groups in total. The second-order valence-corrected chi connectivity index (χ2v) is 8.39. The quantitative estimate of drug-likeness (QED) is 0.333. The van der Waals surface area contributed by atoms with Crippen LogP contribution in [0.25, 0.3) is 0 Å². The molecule has 1 amide bonds. The monoisotopic (exact) mass is 553 g/mol. The maximum atomic E-state index is 12.8. The lowest BCUT2D eigenvalue weighted by molar-refractivity contribution is -0.138. The van der Waals surface area contributed by atoms with Crippen molar-refractivity contribution in [3.8, 4) is 0 Å². The van der Waals surface area contributed by atoms with Crippen LogP contribution in [0.3, 0.4) is 0 Å². The number of guanidine groups is 1. The third kappa shape index (κ3) is 6.10. The van der Waals surface area contributed by atoms with E-state index >= 15 is 0 Å². The van der Waals surface area contributed by atoms with Crippen LogP contribution in [0.4, 0.5) is 0 Å². The standard InChI is InChI=1S/C19H32BrN5O.HI/c1-6-21-18(25(5)13-16-11-15(20)12-24(16)4)22-14-19(9-7-8-10-19)17(26)23(2)3;/h11-12H,6-10,13-14H2,1-5H3,(H,21,22);1H. The molecule has 0 atom stereocenters. The fourth-order valence-electron chi connectivity index (χ4n) is 3.70. The van der Waals surface area contributed by atoms with E-state index in [9.17, 15) is 4.79 Å². The van der Waals surface area contributed by atoms with E-state index in [4.69, 9.17) is 4.99 Å². The van der Waals surface area contributed by atoms with Gasteiger partial charge in [0.1, 0.15) is 0 Å². The fraction of sp³-hybridized carbons (Fsp3) is 0.684. The number of aromatic nitrogens is 1. The molecule has 1 aliphatic rings. The summed E-state index contributed by atoms with van der Waals surface area (Å²) in [5, 5.41) is 3.37. The maximum Gasteiger partial charge on any atom is 0.230 e. The Hall–Kier alpha value is -0.770. The Morgan fingerprint density at radius 1 is 1.33 bits per heavy atom. The summed E-state index contributed by atoms with van der Waals surface area (Å²) < 4.78 is 3.19. The van der Waals surface area contributed by atoms with Gasteiger partial charge in [0, 0.05) is 51.1 Å². The van der Waals surface area contributed by atoms with E-state index in [1.54, 1.807) is 4.90 Å². The summed E-state index contributed by atoms with van der Waals surface area (Å²) in [5.41, 5.74) is 0.865. The molecule has 2 rings (SSSR count). The summed E-state index contributed by atoms with van der Waals surface area (Å²) in [4.78, 5) is 21.5. The van der Waals surface area contributed by atoms with E-state index < -0.39 is 0 Å². The van der Waals surface area contributed by atoms with Gasteiger partial charge in [-0.1, -0.05) is 12.8 Å². The summed E-state index contributed by atoms with van der Waals surface area (Å²) in [5.74, 6) is 1.06. The van der Waals surface area contributed by atoms with Crippen molar-refractivity contribution in [1.82, 2.24) is 19.7 Å². The number of aryl methyl sites for hydroxylation is 1. The van der Waals surface area contributed by atoms with Gasteiger partial charge in [-0.2, -0.15) is 0 Å². The summed E-state index contributed by atoms with van der Waals surface area (Å²) in [7, 11) is 7.77. The first-order valence-electron chi connectivity index (χ1n) is 9.31. The van der Waals surface area contributed by atoms with E-state index in [-0.39, 0.29) is 35.3 Å². The summed E-state index contributed by atoms with van der Waals surface area (Å²) in [6.07, 6.45) is 6.14. The predicted molar refractivity (Wildman–Crippen MR) is 126 cm³/mol. The van der Waals surface area contributed by atoms with Gasteiger partial charge in [0.2, 0.25) is 5.91 Å². The number of amides is 1. The van der Waals surface area contributed by atoms with Gasteiger partial charge < -0.3 is 19.7 Å². The maximum absolute atomic E-state index is 12.8. The van der Waals surface area contributed by atoms with Gasteiger partial charge in [-0.15, -0.1) is 24.0 Å². The molecule has 27 heavy (non-hydrogen) atoms. The molecule has 0 aliphatic heterocycles. The Bertz CT molecular complexity index is 653. The highest BCUT2D eigenvalue weighted by Crippen LogP contribution is 2.39. The van der Waals surface area contributed by atoms with E-state index in [0.717, 1.165) is 49.2 Å². The first-order valence-corrected chi connectivity index (χ1v) is 10.1. The molecule has 0 aromatic carbocycles. The molecule has 1 heterocycles. The molecular weight excluding hydrogens is 521 g/mol. The van der Waals surface area contributed by atoms with Crippen LogP contribution in [0.1, 0.15) is 38.3 Å². The van der Waals surface area contributed by atoms with Crippen molar-refractivity contribution in [1.29, 1.82) is 0 Å². The topological polar surface area (TPSA) is 52.9 Å². The average Bonchev–Trinajstić information content (AvgIpc) is 3.18. The zero-order chi connectivity index (χ0) is 19.3. The van der Waals surface area contributed by atoms with Crippen molar-refractivity contribution < 1.29 is 4.79 Å². The number of rotatable bonds is 6. The molecule has 0 spiro atoms.